The molecule has 1 aromatic rings. The third-order valence-electron chi connectivity index (χ3n) is 5.92. The smallest absolute Gasteiger partial charge is 0.123 e. The van der Waals surface area contributed by atoms with E-state index in [1.54, 1.807) is 0 Å². The van der Waals surface area contributed by atoms with Crippen molar-refractivity contribution in [3.63, 3.8) is 0 Å². The Morgan fingerprint density at radius 2 is 2.19 bits per heavy atom. The molecule has 2 heteroatoms. The summed E-state index contributed by atoms with van der Waals surface area (Å²) in [6, 6.07) is 7.46. The van der Waals surface area contributed by atoms with Gasteiger partial charge in [-0.3, -0.25) is 0 Å². The fourth-order valence-corrected chi connectivity index (χ4v) is 5.07. The van der Waals surface area contributed by atoms with E-state index in [0.717, 1.165) is 36.5 Å². The highest BCUT2D eigenvalue weighted by Crippen LogP contribution is 2.52. The summed E-state index contributed by atoms with van der Waals surface area (Å²) in [6.07, 6.45) is 7.27. The molecule has 0 radical (unpaired) electrons. The molecule has 5 unspecified atom stereocenters. The zero-order chi connectivity index (χ0) is 14.4. The second kappa shape index (κ2) is 5.31. The van der Waals surface area contributed by atoms with Crippen LogP contribution < -0.4 is 10.1 Å². The van der Waals surface area contributed by atoms with Gasteiger partial charge in [-0.05, 0) is 67.7 Å². The molecule has 1 aromatic carbocycles. The third kappa shape index (κ3) is 2.38. The third-order valence-corrected chi connectivity index (χ3v) is 5.92. The average molecular weight is 285 g/mol. The molecule has 5 atom stereocenters. The van der Waals surface area contributed by atoms with E-state index in [4.69, 9.17) is 4.74 Å². The van der Waals surface area contributed by atoms with Crippen LogP contribution in [-0.4, -0.2) is 12.6 Å². The van der Waals surface area contributed by atoms with Crippen molar-refractivity contribution in [1.29, 1.82) is 0 Å². The summed E-state index contributed by atoms with van der Waals surface area (Å²) in [6.45, 7) is 5.46. The monoisotopic (exact) mass is 285 g/mol. The Kier molecular flexibility index (Phi) is 3.45. The van der Waals surface area contributed by atoms with E-state index < -0.39 is 0 Å². The van der Waals surface area contributed by atoms with Gasteiger partial charge in [0.1, 0.15) is 11.9 Å². The molecule has 21 heavy (non-hydrogen) atoms. The molecule has 0 spiro atoms. The molecule has 0 amide bonds. The van der Waals surface area contributed by atoms with Crippen molar-refractivity contribution in [3.8, 4) is 5.75 Å². The second-order valence-corrected chi connectivity index (χ2v) is 7.37. The van der Waals surface area contributed by atoms with E-state index in [0.29, 0.717) is 12.1 Å². The van der Waals surface area contributed by atoms with Crippen LogP contribution in [0.3, 0.4) is 0 Å². The van der Waals surface area contributed by atoms with Gasteiger partial charge in [0.2, 0.25) is 0 Å². The molecular weight excluding hydrogens is 258 g/mol. The van der Waals surface area contributed by atoms with Gasteiger partial charge >= 0.3 is 0 Å². The first-order chi connectivity index (χ1) is 10.2. The van der Waals surface area contributed by atoms with Crippen LogP contribution in [0.4, 0.5) is 0 Å². The molecule has 2 nitrogen and oxygen atoms in total. The summed E-state index contributed by atoms with van der Waals surface area (Å²) in [5.74, 6) is 3.93. The maximum Gasteiger partial charge on any atom is 0.123 e. The van der Waals surface area contributed by atoms with Crippen LogP contribution in [0, 0.1) is 17.8 Å². The van der Waals surface area contributed by atoms with Crippen LogP contribution in [-0.2, 0) is 6.42 Å². The summed E-state index contributed by atoms with van der Waals surface area (Å²) < 4.78 is 5.86. The molecule has 2 bridgehead atoms. The van der Waals surface area contributed by atoms with Crippen LogP contribution in [0.2, 0.25) is 0 Å². The highest BCUT2D eigenvalue weighted by Gasteiger charge is 2.43. The predicted octanol–water partition coefficient (Wildman–Crippen LogP) is 4.10. The van der Waals surface area contributed by atoms with Crippen molar-refractivity contribution >= 4 is 0 Å². The number of benzene rings is 1. The first-order valence-corrected chi connectivity index (χ1v) is 8.77. The number of ether oxygens (including phenoxy) is 1. The standard InChI is InChI=1S/C19H27NO/c1-3-20-19(17-10-13-4-5-14(17)9-13)15-6-7-18-16(11-15)8-12(2)21-18/h6-7,11-14,17,19-20H,3-5,8-10H2,1-2H3. The van der Waals surface area contributed by atoms with Gasteiger partial charge in [-0.2, -0.15) is 0 Å². The maximum absolute atomic E-state index is 5.86. The van der Waals surface area contributed by atoms with E-state index in [1.165, 1.54) is 36.8 Å². The lowest BCUT2D eigenvalue weighted by Crippen LogP contribution is -2.31. The van der Waals surface area contributed by atoms with Crippen LogP contribution >= 0.6 is 0 Å². The highest BCUT2D eigenvalue weighted by atomic mass is 16.5. The largest absolute Gasteiger partial charge is 0.490 e. The minimum Gasteiger partial charge on any atom is -0.490 e. The number of fused-ring (bicyclic) bond motifs is 3. The molecule has 0 aromatic heterocycles. The normalized spacial score (nSPS) is 34.8. The van der Waals surface area contributed by atoms with Crippen molar-refractivity contribution in [2.45, 2.75) is 58.1 Å². The van der Waals surface area contributed by atoms with Gasteiger partial charge in [0.25, 0.3) is 0 Å². The van der Waals surface area contributed by atoms with E-state index in [-0.39, 0.29) is 0 Å². The van der Waals surface area contributed by atoms with Crippen LogP contribution in [0.1, 0.15) is 56.7 Å². The molecule has 1 heterocycles. The summed E-state index contributed by atoms with van der Waals surface area (Å²) in [4.78, 5) is 0. The Balaban J connectivity index is 1.61. The first kappa shape index (κ1) is 13.6. The van der Waals surface area contributed by atoms with Crippen molar-refractivity contribution in [2.75, 3.05) is 6.54 Å². The van der Waals surface area contributed by atoms with E-state index >= 15 is 0 Å². The molecule has 114 valence electrons. The SMILES string of the molecule is CCNC(c1ccc2c(c1)CC(C)O2)C1CC2CCC1C2. The summed E-state index contributed by atoms with van der Waals surface area (Å²) >= 11 is 0. The van der Waals surface area contributed by atoms with Gasteiger partial charge in [0.15, 0.2) is 0 Å². The minimum atomic E-state index is 0.343. The molecule has 2 fully saturated rings. The lowest BCUT2D eigenvalue weighted by Gasteiger charge is -2.31. The van der Waals surface area contributed by atoms with E-state index in [1.807, 2.05) is 0 Å². The Labute approximate surface area is 128 Å². The molecule has 2 saturated carbocycles. The zero-order valence-corrected chi connectivity index (χ0v) is 13.3. The number of hydrogen-bond donors (Lipinski definition) is 1. The van der Waals surface area contributed by atoms with E-state index in [2.05, 4.69) is 37.4 Å². The Hall–Kier alpha value is -1.02. The number of nitrogens with one attached hydrogen (secondary N) is 1. The Bertz CT molecular complexity index is 526. The second-order valence-electron chi connectivity index (χ2n) is 7.37. The van der Waals surface area contributed by atoms with Crippen molar-refractivity contribution in [2.24, 2.45) is 17.8 Å². The molecule has 3 aliphatic rings. The topological polar surface area (TPSA) is 21.3 Å². The lowest BCUT2D eigenvalue weighted by molar-refractivity contribution is 0.252. The molecule has 2 aliphatic carbocycles. The predicted molar refractivity (Wildman–Crippen MR) is 85.6 cm³/mol. The van der Waals surface area contributed by atoms with Gasteiger partial charge in [-0.15, -0.1) is 0 Å². The van der Waals surface area contributed by atoms with Crippen LogP contribution in [0.5, 0.6) is 5.75 Å². The molecule has 1 N–H and O–H groups in total. The lowest BCUT2D eigenvalue weighted by atomic mass is 9.80. The summed E-state index contributed by atoms with van der Waals surface area (Å²) in [5, 5.41) is 3.79. The maximum atomic E-state index is 5.86. The van der Waals surface area contributed by atoms with Gasteiger partial charge in [0.05, 0.1) is 0 Å². The first-order valence-electron chi connectivity index (χ1n) is 8.77. The van der Waals surface area contributed by atoms with Gasteiger partial charge < -0.3 is 10.1 Å². The molecule has 4 rings (SSSR count). The van der Waals surface area contributed by atoms with Crippen LogP contribution in [0.25, 0.3) is 0 Å². The van der Waals surface area contributed by atoms with Gasteiger partial charge in [-0.1, -0.05) is 25.5 Å². The molecule has 0 saturated heterocycles. The Morgan fingerprint density at radius 3 is 2.90 bits per heavy atom. The fourth-order valence-electron chi connectivity index (χ4n) is 5.07. The Morgan fingerprint density at radius 1 is 1.29 bits per heavy atom. The van der Waals surface area contributed by atoms with Gasteiger partial charge in [-0.25, -0.2) is 0 Å². The molecular formula is C19H27NO. The number of rotatable bonds is 4. The average Bonchev–Trinajstić information content (AvgIpc) is 3.17. The summed E-state index contributed by atoms with van der Waals surface area (Å²) in [5.41, 5.74) is 2.90. The number of hydrogen-bond acceptors (Lipinski definition) is 2. The molecule has 1 aliphatic heterocycles. The minimum absolute atomic E-state index is 0.343. The van der Waals surface area contributed by atoms with Crippen molar-refractivity contribution < 1.29 is 4.74 Å². The summed E-state index contributed by atoms with van der Waals surface area (Å²) in [7, 11) is 0. The zero-order valence-electron chi connectivity index (χ0n) is 13.3. The fraction of sp³-hybridized carbons (Fsp3) is 0.684. The quantitative estimate of drug-likeness (QED) is 0.899. The van der Waals surface area contributed by atoms with Crippen molar-refractivity contribution in [3.05, 3.63) is 29.3 Å². The highest BCUT2D eigenvalue weighted by molar-refractivity contribution is 5.41. The van der Waals surface area contributed by atoms with E-state index in [9.17, 15) is 0 Å². The van der Waals surface area contributed by atoms with Crippen LogP contribution in [0.15, 0.2) is 18.2 Å². The van der Waals surface area contributed by atoms with Crippen molar-refractivity contribution in [1.82, 2.24) is 5.32 Å². The van der Waals surface area contributed by atoms with Gasteiger partial charge in [0, 0.05) is 12.5 Å².